The van der Waals surface area contributed by atoms with Crippen molar-refractivity contribution >= 4 is 57.6 Å². The Labute approximate surface area is 201 Å². The lowest BCUT2D eigenvalue weighted by molar-refractivity contribution is -0.113. The second-order valence-electron chi connectivity index (χ2n) is 6.87. The number of hydrogen-bond donors (Lipinski definition) is 0. The van der Waals surface area contributed by atoms with Crippen molar-refractivity contribution in [2.24, 2.45) is 0 Å². The van der Waals surface area contributed by atoms with Crippen LogP contribution in [0.3, 0.4) is 0 Å². The van der Waals surface area contributed by atoms with Crippen LogP contribution in [-0.2, 0) is 11.4 Å². The van der Waals surface area contributed by atoms with Crippen molar-refractivity contribution < 1.29 is 14.3 Å². The van der Waals surface area contributed by atoms with Gasteiger partial charge in [-0.15, -0.1) is 0 Å². The molecule has 1 aliphatic rings. The molecule has 3 aromatic carbocycles. The lowest BCUT2D eigenvalue weighted by atomic mass is 10.1. The summed E-state index contributed by atoms with van der Waals surface area (Å²) in [6.45, 7) is 2.73. The maximum Gasteiger partial charge on any atom is 0.270 e. The third-order valence-electron chi connectivity index (χ3n) is 4.71. The Morgan fingerprint density at radius 3 is 2.50 bits per heavy atom. The molecule has 32 heavy (non-hydrogen) atoms. The number of thiocarbonyl (C=S) groups is 1. The Kier molecular flexibility index (Phi) is 7.15. The summed E-state index contributed by atoms with van der Waals surface area (Å²) < 4.78 is 12.3. The van der Waals surface area contributed by atoms with Crippen LogP contribution in [0.25, 0.3) is 6.08 Å². The van der Waals surface area contributed by atoms with E-state index in [0.717, 1.165) is 16.8 Å². The lowest BCUT2D eigenvalue weighted by Gasteiger charge is -2.14. The number of halogens is 1. The second kappa shape index (κ2) is 10.2. The van der Waals surface area contributed by atoms with Crippen molar-refractivity contribution in [1.29, 1.82) is 0 Å². The fourth-order valence-electron chi connectivity index (χ4n) is 3.19. The third-order valence-corrected chi connectivity index (χ3v) is 6.39. The van der Waals surface area contributed by atoms with E-state index in [9.17, 15) is 4.79 Å². The quantitative estimate of drug-likeness (QED) is 0.276. The molecule has 0 atom stereocenters. The molecule has 0 unspecified atom stereocenters. The van der Waals surface area contributed by atoms with E-state index in [1.807, 2.05) is 85.8 Å². The molecule has 1 fully saturated rings. The number of carbonyl (C=O) groups excluding carboxylic acids is 1. The zero-order chi connectivity index (χ0) is 22.5. The Hall–Kier alpha value is -2.80. The summed E-state index contributed by atoms with van der Waals surface area (Å²) >= 11 is 13.0. The molecule has 0 aromatic heterocycles. The van der Waals surface area contributed by atoms with Crippen molar-refractivity contribution in [1.82, 2.24) is 0 Å². The monoisotopic (exact) mass is 481 g/mol. The van der Waals surface area contributed by atoms with E-state index >= 15 is 0 Å². The van der Waals surface area contributed by atoms with Gasteiger partial charge in [0.1, 0.15) is 6.61 Å². The topological polar surface area (TPSA) is 38.8 Å². The van der Waals surface area contributed by atoms with Crippen LogP contribution >= 0.6 is 35.6 Å². The average Bonchev–Trinajstić information content (AvgIpc) is 3.07. The Morgan fingerprint density at radius 1 is 1.00 bits per heavy atom. The van der Waals surface area contributed by atoms with E-state index in [1.165, 1.54) is 11.8 Å². The molecule has 4 rings (SSSR count). The standard InChI is InChI=1S/C25H20ClNO3S2/c1-2-29-22-14-17(12-13-21(22)30-16-18-8-6-7-11-20(18)26)15-23-24(28)27(25(31)32-23)19-9-4-3-5-10-19/h3-15H,2,16H2,1H3/b23-15+. The normalized spacial score (nSPS) is 14.8. The minimum atomic E-state index is -0.136. The molecule has 162 valence electrons. The van der Waals surface area contributed by atoms with E-state index in [2.05, 4.69) is 0 Å². The van der Waals surface area contributed by atoms with Crippen molar-refractivity contribution in [3.05, 3.63) is 93.9 Å². The van der Waals surface area contributed by atoms with Gasteiger partial charge in [0, 0.05) is 10.6 Å². The predicted octanol–water partition coefficient (Wildman–Crippen LogP) is 6.72. The largest absolute Gasteiger partial charge is 0.490 e. The summed E-state index contributed by atoms with van der Waals surface area (Å²) in [7, 11) is 0. The van der Waals surface area contributed by atoms with Crippen LogP contribution in [0.5, 0.6) is 11.5 Å². The molecule has 0 spiro atoms. The molecule has 1 amide bonds. The van der Waals surface area contributed by atoms with Gasteiger partial charge in [0.05, 0.1) is 17.2 Å². The third kappa shape index (κ3) is 4.99. The number of para-hydroxylation sites is 1. The fraction of sp³-hybridized carbons (Fsp3) is 0.120. The number of rotatable bonds is 7. The van der Waals surface area contributed by atoms with Crippen LogP contribution in [0.1, 0.15) is 18.1 Å². The molecule has 0 aliphatic carbocycles. The highest BCUT2D eigenvalue weighted by Gasteiger charge is 2.33. The maximum atomic E-state index is 13.0. The van der Waals surface area contributed by atoms with Crippen LogP contribution in [0.2, 0.25) is 5.02 Å². The van der Waals surface area contributed by atoms with E-state index in [-0.39, 0.29) is 5.91 Å². The molecule has 0 saturated carbocycles. The second-order valence-corrected chi connectivity index (χ2v) is 8.95. The van der Waals surface area contributed by atoms with Gasteiger partial charge in [-0.3, -0.25) is 9.69 Å². The number of nitrogens with zero attached hydrogens (tertiary/aromatic N) is 1. The zero-order valence-corrected chi connectivity index (χ0v) is 19.7. The van der Waals surface area contributed by atoms with Gasteiger partial charge >= 0.3 is 0 Å². The smallest absolute Gasteiger partial charge is 0.270 e. The highest BCUT2D eigenvalue weighted by molar-refractivity contribution is 8.27. The molecule has 1 saturated heterocycles. The Bertz CT molecular complexity index is 1180. The summed E-state index contributed by atoms with van der Waals surface area (Å²) in [5.74, 6) is 1.08. The predicted molar refractivity (Wildman–Crippen MR) is 135 cm³/mol. The first-order valence-corrected chi connectivity index (χ1v) is 11.6. The average molecular weight is 482 g/mol. The molecule has 1 aliphatic heterocycles. The van der Waals surface area contributed by atoms with E-state index in [4.69, 9.17) is 33.3 Å². The first-order chi connectivity index (χ1) is 15.6. The summed E-state index contributed by atoms with van der Waals surface area (Å²) in [4.78, 5) is 15.1. The van der Waals surface area contributed by atoms with E-state index < -0.39 is 0 Å². The molecule has 3 aromatic rings. The first kappa shape index (κ1) is 22.4. The van der Waals surface area contributed by atoms with Crippen LogP contribution in [-0.4, -0.2) is 16.8 Å². The molecule has 0 bridgehead atoms. The van der Waals surface area contributed by atoms with Crippen LogP contribution in [0, 0.1) is 0 Å². The van der Waals surface area contributed by atoms with Gasteiger partial charge < -0.3 is 9.47 Å². The summed E-state index contributed by atoms with van der Waals surface area (Å²) in [6.07, 6.45) is 1.82. The number of anilines is 1. The van der Waals surface area contributed by atoms with E-state index in [1.54, 1.807) is 4.90 Å². The van der Waals surface area contributed by atoms with Gasteiger partial charge in [0.25, 0.3) is 5.91 Å². The minimum Gasteiger partial charge on any atom is -0.490 e. The number of thioether (sulfide) groups is 1. The van der Waals surface area contributed by atoms with Gasteiger partial charge in [-0.1, -0.05) is 78.0 Å². The molecular formula is C25H20ClNO3S2. The van der Waals surface area contributed by atoms with Gasteiger partial charge in [0.2, 0.25) is 0 Å². The number of benzene rings is 3. The van der Waals surface area contributed by atoms with Crippen molar-refractivity contribution in [2.75, 3.05) is 11.5 Å². The van der Waals surface area contributed by atoms with Gasteiger partial charge in [-0.2, -0.15) is 0 Å². The zero-order valence-electron chi connectivity index (χ0n) is 17.3. The number of ether oxygens (including phenoxy) is 2. The summed E-state index contributed by atoms with van der Waals surface area (Å²) in [5, 5.41) is 0.655. The molecule has 4 nitrogen and oxygen atoms in total. The molecule has 0 radical (unpaired) electrons. The summed E-state index contributed by atoms with van der Waals surface area (Å²) in [5.41, 5.74) is 2.48. The highest BCUT2D eigenvalue weighted by atomic mass is 35.5. The van der Waals surface area contributed by atoms with Crippen LogP contribution in [0.15, 0.2) is 77.7 Å². The van der Waals surface area contributed by atoms with Crippen LogP contribution in [0.4, 0.5) is 5.69 Å². The Morgan fingerprint density at radius 2 is 1.75 bits per heavy atom. The fourth-order valence-corrected chi connectivity index (χ4v) is 4.68. The van der Waals surface area contributed by atoms with Gasteiger partial charge in [0.15, 0.2) is 15.8 Å². The number of hydrogen-bond acceptors (Lipinski definition) is 5. The first-order valence-electron chi connectivity index (χ1n) is 10.0. The summed E-state index contributed by atoms with van der Waals surface area (Å²) in [6, 6.07) is 22.5. The van der Waals surface area contributed by atoms with Crippen molar-refractivity contribution in [3.8, 4) is 11.5 Å². The molecule has 1 heterocycles. The molecule has 7 heteroatoms. The van der Waals surface area contributed by atoms with Gasteiger partial charge in [-0.05, 0) is 48.9 Å². The minimum absolute atomic E-state index is 0.136. The van der Waals surface area contributed by atoms with Gasteiger partial charge in [-0.25, -0.2) is 0 Å². The highest BCUT2D eigenvalue weighted by Crippen LogP contribution is 2.37. The lowest BCUT2D eigenvalue weighted by Crippen LogP contribution is -2.27. The van der Waals surface area contributed by atoms with Crippen LogP contribution < -0.4 is 14.4 Å². The molecular weight excluding hydrogens is 462 g/mol. The van der Waals surface area contributed by atoms with Crippen molar-refractivity contribution in [2.45, 2.75) is 13.5 Å². The van der Waals surface area contributed by atoms with E-state index in [0.29, 0.717) is 39.0 Å². The van der Waals surface area contributed by atoms with Crippen molar-refractivity contribution in [3.63, 3.8) is 0 Å². The molecule has 0 N–H and O–H groups in total. The number of carbonyl (C=O) groups is 1. The SMILES string of the molecule is CCOc1cc(/C=C2/SC(=S)N(c3ccccc3)C2=O)ccc1OCc1ccccc1Cl. The number of amides is 1. The Balaban J connectivity index is 1.56. The maximum absolute atomic E-state index is 13.0.